The molecular formula is C15H14FNO2. The highest BCUT2D eigenvalue weighted by Crippen LogP contribution is 2.10. The Labute approximate surface area is 111 Å². The quantitative estimate of drug-likeness (QED) is 0.857. The molecule has 0 spiro atoms. The van der Waals surface area contributed by atoms with Crippen molar-refractivity contribution in [3.63, 3.8) is 0 Å². The van der Waals surface area contributed by atoms with Crippen molar-refractivity contribution >= 4 is 5.91 Å². The summed E-state index contributed by atoms with van der Waals surface area (Å²) in [4.78, 5) is 16.8. The number of aryl methyl sites for hydroxylation is 1. The minimum Gasteiger partial charge on any atom is -0.269 e. The summed E-state index contributed by atoms with van der Waals surface area (Å²) in [6, 6.07) is 13.7. The smallest absolute Gasteiger partial charge is 0.269 e. The molecule has 0 bridgehead atoms. The molecular weight excluding hydrogens is 245 g/mol. The van der Waals surface area contributed by atoms with Crippen LogP contribution in [-0.2, 0) is 11.4 Å². The van der Waals surface area contributed by atoms with Gasteiger partial charge in [-0.25, -0.2) is 9.87 Å². The molecule has 1 amide bonds. The van der Waals surface area contributed by atoms with Crippen molar-refractivity contribution in [2.24, 2.45) is 0 Å². The van der Waals surface area contributed by atoms with Crippen LogP contribution in [0.2, 0.25) is 0 Å². The molecule has 0 aromatic heterocycles. The van der Waals surface area contributed by atoms with Gasteiger partial charge < -0.3 is 0 Å². The Morgan fingerprint density at radius 2 is 1.95 bits per heavy atom. The Morgan fingerprint density at radius 3 is 2.68 bits per heavy atom. The lowest BCUT2D eigenvalue weighted by molar-refractivity contribution is 0.0230. The van der Waals surface area contributed by atoms with Crippen molar-refractivity contribution in [1.29, 1.82) is 0 Å². The average molecular weight is 259 g/mol. The number of hydrogen-bond donors (Lipinski definition) is 1. The van der Waals surface area contributed by atoms with Crippen molar-refractivity contribution in [2.75, 3.05) is 0 Å². The van der Waals surface area contributed by atoms with Crippen molar-refractivity contribution in [2.45, 2.75) is 13.5 Å². The second-order valence-electron chi connectivity index (χ2n) is 4.19. The van der Waals surface area contributed by atoms with E-state index in [4.69, 9.17) is 4.84 Å². The average Bonchev–Trinajstić information content (AvgIpc) is 2.42. The molecule has 4 heteroatoms. The van der Waals surface area contributed by atoms with Gasteiger partial charge >= 0.3 is 0 Å². The summed E-state index contributed by atoms with van der Waals surface area (Å²) >= 11 is 0. The third-order valence-corrected chi connectivity index (χ3v) is 2.61. The minimum atomic E-state index is -0.586. The van der Waals surface area contributed by atoms with Gasteiger partial charge in [0.15, 0.2) is 0 Å². The highest BCUT2D eigenvalue weighted by molar-refractivity contribution is 5.93. The van der Waals surface area contributed by atoms with Crippen molar-refractivity contribution < 1.29 is 14.0 Å². The Hall–Kier alpha value is -2.20. The van der Waals surface area contributed by atoms with Crippen molar-refractivity contribution in [3.05, 3.63) is 71.0 Å². The van der Waals surface area contributed by atoms with Gasteiger partial charge in [-0.15, -0.1) is 0 Å². The van der Waals surface area contributed by atoms with E-state index in [9.17, 15) is 9.18 Å². The number of benzene rings is 2. The van der Waals surface area contributed by atoms with Crippen LogP contribution < -0.4 is 5.48 Å². The molecule has 0 aliphatic carbocycles. The predicted octanol–water partition coefficient (Wildman–Crippen LogP) is 3.00. The molecule has 19 heavy (non-hydrogen) atoms. The largest absolute Gasteiger partial charge is 0.277 e. The van der Waals surface area contributed by atoms with Gasteiger partial charge in [0, 0.05) is 0 Å². The molecule has 2 aromatic carbocycles. The summed E-state index contributed by atoms with van der Waals surface area (Å²) < 4.78 is 13.5. The maximum Gasteiger partial charge on any atom is 0.277 e. The number of nitrogens with one attached hydrogen (secondary N) is 1. The molecule has 0 heterocycles. The normalized spacial score (nSPS) is 10.2. The molecule has 1 N–H and O–H groups in total. The molecule has 0 saturated carbocycles. The van der Waals surface area contributed by atoms with Crippen molar-refractivity contribution in [3.8, 4) is 0 Å². The van der Waals surface area contributed by atoms with E-state index in [0.29, 0.717) is 0 Å². The van der Waals surface area contributed by atoms with Gasteiger partial charge in [0.05, 0.1) is 12.2 Å². The zero-order valence-corrected chi connectivity index (χ0v) is 10.5. The fourth-order valence-corrected chi connectivity index (χ4v) is 1.63. The Kier molecular flexibility index (Phi) is 4.26. The van der Waals surface area contributed by atoms with E-state index in [-0.39, 0.29) is 12.2 Å². The van der Waals surface area contributed by atoms with Gasteiger partial charge in [0.1, 0.15) is 5.82 Å². The SMILES string of the molecule is Cc1ccc(F)c(C(=O)NOCc2ccccc2)c1. The van der Waals surface area contributed by atoms with Gasteiger partial charge in [0.25, 0.3) is 5.91 Å². The first-order valence-corrected chi connectivity index (χ1v) is 5.89. The van der Waals surface area contributed by atoms with Crippen LogP contribution in [0, 0.1) is 12.7 Å². The minimum absolute atomic E-state index is 0.0203. The predicted molar refractivity (Wildman–Crippen MR) is 69.8 cm³/mol. The standard InChI is InChI=1S/C15H14FNO2/c1-11-7-8-14(16)13(9-11)15(18)17-19-10-12-5-3-2-4-6-12/h2-9H,10H2,1H3,(H,17,18). The fourth-order valence-electron chi connectivity index (χ4n) is 1.63. The fraction of sp³-hybridized carbons (Fsp3) is 0.133. The molecule has 0 atom stereocenters. The zero-order valence-electron chi connectivity index (χ0n) is 10.5. The number of halogens is 1. The summed E-state index contributed by atoms with van der Waals surface area (Å²) in [6.07, 6.45) is 0. The molecule has 0 unspecified atom stereocenters. The van der Waals surface area contributed by atoms with Crippen LogP contribution in [0.1, 0.15) is 21.5 Å². The number of hydrogen-bond acceptors (Lipinski definition) is 2. The van der Waals surface area contributed by atoms with Crippen LogP contribution >= 0.6 is 0 Å². The third-order valence-electron chi connectivity index (χ3n) is 2.61. The number of amides is 1. The van der Waals surface area contributed by atoms with Gasteiger partial charge in [-0.3, -0.25) is 9.63 Å². The van der Waals surface area contributed by atoms with Gasteiger partial charge in [-0.05, 0) is 24.6 Å². The molecule has 0 radical (unpaired) electrons. The van der Waals surface area contributed by atoms with E-state index in [2.05, 4.69) is 5.48 Å². The molecule has 0 aliphatic heterocycles. The Bertz CT molecular complexity index is 570. The first kappa shape index (κ1) is 13.2. The van der Waals surface area contributed by atoms with Gasteiger partial charge in [-0.1, -0.05) is 42.0 Å². The first-order valence-electron chi connectivity index (χ1n) is 5.89. The van der Waals surface area contributed by atoms with E-state index >= 15 is 0 Å². The summed E-state index contributed by atoms with van der Waals surface area (Å²) in [5, 5.41) is 0. The van der Waals surface area contributed by atoms with E-state index in [1.54, 1.807) is 13.0 Å². The van der Waals surface area contributed by atoms with E-state index < -0.39 is 11.7 Å². The molecule has 0 aliphatic rings. The second kappa shape index (κ2) is 6.11. The lowest BCUT2D eigenvalue weighted by Crippen LogP contribution is -2.24. The molecule has 3 nitrogen and oxygen atoms in total. The number of hydroxylamine groups is 1. The molecule has 98 valence electrons. The van der Waals surface area contributed by atoms with E-state index in [1.165, 1.54) is 12.1 Å². The monoisotopic (exact) mass is 259 g/mol. The van der Waals surface area contributed by atoms with Crippen LogP contribution in [0.25, 0.3) is 0 Å². The van der Waals surface area contributed by atoms with Gasteiger partial charge in [0.2, 0.25) is 0 Å². The molecule has 0 fully saturated rings. The Morgan fingerprint density at radius 1 is 1.21 bits per heavy atom. The van der Waals surface area contributed by atoms with Gasteiger partial charge in [-0.2, -0.15) is 0 Å². The molecule has 2 aromatic rings. The number of rotatable bonds is 4. The van der Waals surface area contributed by atoms with Crippen molar-refractivity contribution in [1.82, 2.24) is 5.48 Å². The third kappa shape index (κ3) is 3.63. The molecule has 0 saturated heterocycles. The highest BCUT2D eigenvalue weighted by Gasteiger charge is 2.11. The molecule has 2 rings (SSSR count). The van der Waals surface area contributed by atoms with Crippen LogP contribution in [0.3, 0.4) is 0 Å². The van der Waals surface area contributed by atoms with Crippen LogP contribution in [0.4, 0.5) is 4.39 Å². The maximum absolute atomic E-state index is 13.5. The summed E-state index contributed by atoms with van der Waals surface area (Å²) in [5.41, 5.74) is 3.95. The number of carbonyl (C=O) groups is 1. The highest BCUT2D eigenvalue weighted by atomic mass is 19.1. The summed E-state index contributed by atoms with van der Waals surface area (Å²) in [5.74, 6) is -1.15. The lowest BCUT2D eigenvalue weighted by atomic mass is 10.1. The van der Waals surface area contributed by atoms with Crippen LogP contribution in [0.5, 0.6) is 0 Å². The number of carbonyl (C=O) groups excluding carboxylic acids is 1. The van der Waals surface area contributed by atoms with Crippen LogP contribution in [-0.4, -0.2) is 5.91 Å². The second-order valence-corrected chi connectivity index (χ2v) is 4.19. The summed E-state index contributed by atoms with van der Waals surface area (Å²) in [7, 11) is 0. The maximum atomic E-state index is 13.5. The zero-order chi connectivity index (χ0) is 13.7. The topological polar surface area (TPSA) is 38.3 Å². The summed E-state index contributed by atoms with van der Waals surface area (Å²) in [6.45, 7) is 2.03. The first-order chi connectivity index (χ1) is 9.16. The Balaban J connectivity index is 1.93. The van der Waals surface area contributed by atoms with Crippen LogP contribution in [0.15, 0.2) is 48.5 Å². The van der Waals surface area contributed by atoms with E-state index in [0.717, 1.165) is 11.1 Å². The lowest BCUT2D eigenvalue weighted by Gasteiger charge is -2.07. The van der Waals surface area contributed by atoms with E-state index in [1.807, 2.05) is 30.3 Å².